The van der Waals surface area contributed by atoms with Gasteiger partial charge in [-0.25, -0.2) is 4.39 Å². The van der Waals surface area contributed by atoms with Gasteiger partial charge in [0, 0.05) is 7.11 Å². The van der Waals surface area contributed by atoms with Crippen LogP contribution in [0.2, 0.25) is 0 Å². The van der Waals surface area contributed by atoms with Crippen LogP contribution in [0, 0.1) is 12.7 Å². The molecule has 0 fully saturated rings. The van der Waals surface area contributed by atoms with Crippen LogP contribution in [0.4, 0.5) is 4.39 Å². The average molecular weight is 260 g/mol. The summed E-state index contributed by atoms with van der Waals surface area (Å²) < 4.78 is 18.7. The summed E-state index contributed by atoms with van der Waals surface area (Å²) in [5, 5.41) is 10.4. The molecule has 1 atom stereocenters. The smallest absolute Gasteiger partial charge is 0.126 e. The van der Waals surface area contributed by atoms with E-state index in [9.17, 15) is 9.50 Å². The van der Waals surface area contributed by atoms with Crippen molar-refractivity contribution in [3.05, 3.63) is 70.5 Å². The summed E-state index contributed by atoms with van der Waals surface area (Å²) >= 11 is 0. The number of aliphatic hydroxyl groups excluding tert-OH is 1. The number of aliphatic hydroxyl groups is 1. The average Bonchev–Trinajstić information content (AvgIpc) is 2.42. The molecule has 2 nitrogen and oxygen atoms in total. The fraction of sp³-hybridized carbons (Fsp3) is 0.250. The Balaban J connectivity index is 2.37. The molecule has 2 aromatic carbocycles. The molecular formula is C16H17FO2. The summed E-state index contributed by atoms with van der Waals surface area (Å²) in [7, 11) is 1.61. The molecule has 0 spiro atoms. The Morgan fingerprint density at radius 3 is 2.63 bits per heavy atom. The SMILES string of the molecule is COCc1ccccc1C(O)c1ccc(C)c(F)c1. The lowest BCUT2D eigenvalue weighted by Crippen LogP contribution is -2.05. The number of benzene rings is 2. The summed E-state index contributed by atoms with van der Waals surface area (Å²) in [6, 6.07) is 12.3. The van der Waals surface area contributed by atoms with E-state index in [-0.39, 0.29) is 5.82 Å². The van der Waals surface area contributed by atoms with Crippen LogP contribution >= 0.6 is 0 Å². The lowest BCUT2D eigenvalue weighted by Gasteiger charge is -2.16. The van der Waals surface area contributed by atoms with Gasteiger partial charge in [-0.1, -0.05) is 36.4 Å². The molecule has 100 valence electrons. The van der Waals surface area contributed by atoms with Crippen molar-refractivity contribution >= 4 is 0 Å². The van der Waals surface area contributed by atoms with Gasteiger partial charge in [-0.2, -0.15) is 0 Å². The maximum atomic E-state index is 13.6. The van der Waals surface area contributed by atoms with Crippen LogP contribution in [0.25, 0.3) is 0 Å². The highest BCUT2D eigenvalue weighted by Gasteiger charge is 2.15. The van der Waals surface area contributed by atoms with Crippen molar-refractivity contribution in [1.82, 2.24) is 0 Å². The Bertz CT molecular complexity index is 566. The molecule has 2 aromatic rings. The first kappa shape index (κ1) is 13.7. The molecule has 0 saturated heterocycles. The van der Waals surface area contributed by atoms with E-state index in [1.165, 1.54) is 6.07 Å². The minimum absolute atomic E-state index is 0.305. The van der Waals surface area contributed by atoms with Crippen LogP contribution in [0.15, 0.2) is 42.5 Å². The van der Waals surface area contributed by atoms with Crippen molar-refractivity contribution in [1.29, 1.82) is 0 Å². The monoisotopic (exact) mass is 260 g/mol. The van der Waals surface area contributed by atoms with Gasteiger partial charge in [0.05, 0.1) is 6.61 Å². The van der Waals surface area contributed by atoms with Crippen molar-refractivity contribution in [3.8, 4) is 0 Å². The van der Waals surface area contributed by atoms with Crippen molar-refractivity contribution in [3.63, 3.8) is 0 Å². The van der Waals surface area contributed by atoms with Gasteiger partial charge in [0.15, 0.2) is 0 Å². The number of hydrogen-bond donors (Lipinski definition) is 1. The van der Waals surface area contributed by atoms with Crippen LogP contribution in [0.3, 0.4) is 0 Å². The first-order chi connectivity index (χ1) is 9.13. The molecule has 0 radical (unpaired) electrons. The molecule has 0 aliphatic rings. The van der Waals surface area contributed by atoms with E-state index in [0.29, 0.717) is 17.7 Å². The van der Waals surface area contributed by atoms with Crippen LogP contribution in [-0.2, 0) is 11.3 Å². The minimum atomic E-state index is -0.846. The van der Waals surface area contributed by atoms with E-state index < -0.39 is 6.10 Å². The Morgan fingerprint density at radius 2 is 1.95 bits per heavy atom. The summed E-state index contributed by atoms with van der Waals surface area (Å²) in [5.74, 6) is -0.305. The lowest BCUT2D eigenvalue weighted by atomic mass is 9.96. The summed E-state index contributed by atoms with van der Waals surface area (Å²) in [6.07, 6.45) is -0.846. The van der Waals surface area contributed by atoms with Crippen molar-refractivity contribution < 1.29 is 14.2 Å². The van der Waals surface area contributed by atoms with Gasteiger partial charge in [0.1, 0.15) is 11.9 Å². The zero-order valence-corrected chi connectivity index (χ0v) is 11.1. The van der Waals surface area contributed by atoms with Crippen LogP contribution in [-0.4, -0.2) is 12.2 Å². The second-order valence-electron chi connectivity index (χ2n) is 4.54. The molecule has 0 heterocycles. The van der Waals surface area contributed by atoms with Crippen LogP contribution in [0.5, 0.6) is 0 Å². The normalized spacial score (nSPS) is 12.4. The Kier molecular flexibility index (Phi) is 4.30. The molecule has 1 N–H and O–H groups in total. The number of methoxy groups -OCH3 is 1. The molecule has 0 amide bonds. The highest BCUT2D eigenvalue weighted by Crippen LogP contribution is 2.26. The lowest BCUT2D eigenvalue weighted by molar-refractivity contribution is 0.176. The Hall–Kier alpha value is -1.71. The van der Waals surface area contributed by atoms with E-state index in [1.54, 1.807) is 26.2 Å². The molecular weight excluding hydrogens is 243 g/mol. The van der Waals surface area contributed by atoms with E-state index >= 15 is 0 Å². The number of aryl methyl sites for hydroxylation is 1. The molecule has 0 aromatic heterocycles. The van der Waals surface area contributed by atoms with E-state index in [1.807, 2.05) is 24.3 Å². The highest BCUT2D eigenvalue weighted by atomic mass is 19.1. The third-order valence-corrected chi connectivity index (χ3v) is 3.16. The third-order valence-electron chi connectivity index (χ3n) is 3.16. The van der Waals surface area contributed by atoms with Crippen LogP contribution in [0.1, 0.15) is 28.4 Å². The van der Waals surface area contributed by atoms with E-state index in [4.69, 9.17) is 4.74 Å². The van der Waals surface area contributed by atoms with Gasteiger partial charge in [-0.15, -0.1) is 0 Å². The van der Waals surface area contributed by atoms with Gasteiger partial charge >= 0.3 is 0 Å². The first-order valence-electron chi connectivity index (χ1n) is 6.14. The quantitative estimate of drug-likeness (QED) is 0.913. The van der Waals surface area contributed by atoms with E-state index in [2.05, 4.69) is 0 Å². The molecule has 3 heteroatoms. The van der Waals surface area contributed by atoms with Gasteiger partial charge in [0.25, 0.3) is 0 Å². The topological polar surface area (TPSA) is 29.5 Å². The van der Waals surface area contributed by atoms with Crippen LogP contribution < -0.4 is 0 Å². The summed E-state index contributed by atoms with van der Waals surface area (Å²) in [4.78, 5) is 0. The van der Waals surface area contributed by atoms with Crippen molar-refractivity contribution in [2.45, 2.75) is 19.6 Å². The van der Waals surface area contributed by atoms with Crippen molar-refractivity contribution in [2.75, 3.05) is 7.11 Å². The molecule has 2 rings (SSSR count). The van der Waals surface area contributed by atoms with E-state index in [0.717, 1.165) is 11.1 Å². The first-order valence-corrected chi connectivity index (χ1v) is 6.14. The molecule has 1 unspecified atom stereocenters. The molecule has 19 heavy (non-hydrogen) atoms. The molecule has 0 aliphatic carbocycles. The number of ether oxygens (including phenoxy) is 1. The Labute approximate surface area is 112 Å². The zero-order valence-electron chi connectivity index (χ0n) is 11.1. The fourth-order valence-corrected chi connectivity index (χ4v) is 2.05. The zero-order chi connectivity index (χ0) is 13.8. The standard InChI is InChI=1S/C16H17FO2/c1-11-7-8-12(9-15(11)17)16(18)14-6-4-3-5-13(14)10-19-2/h3-9,16,18H,10H2,1-2H3. The molecule has 0 saturated carbocycles. The third kappa shape index (κ3) is 3.00. The maximum Gasteiger partial charge on any atom is 0.126 e. The van der Waals surface area contributed by atoms with Gasteiger partial charge in [-0.3, -0.25) is 0 Å². The molecule has 0 bridgehead atoms. The number of hydrogen-bond acceptors (Lipinski definition) is 2. The predicted octanol–water partition coefficient (Wildman–Crippen LogP) is 3.36. The second kappa shape index (κ2) is 5.95. The fourth-order valence-electron chi connectivity index (χ4n) is 2.05. The van der Waals surface area contributed by atoms with Gasteiger partial charge < -0.3 is 9.84 Å². The molecule has 0 aliphatic heterocycles. The second-order valence-corrected chi connectivity index (χ2v) is 4.54. The summed E-state index contributed by atoms with van der Waals surface area (Å²) in [6.45, 7) is 2.12. The Morgan fingerprint density at radius 1 is 1.21 bits per heavy atom. The number of halogens is 1. The van der Waals surface area contributed by atoms with Gasteiger partial charge in [0.2, 0.25) is 0 Å². The van der Waals surface area contributed by atoms with Gasteiger partial charge in [-0.05, 0) is 35.2 Å². The predicted molar refractivity (Wildman–Crippen MR) is 72.4 cm³/mol. The highest BCUT2D eigenvalue weighted by molar-refractivity contribution is 5.36. The largest absolute Gasteiger partial charge is 0.384 e. The van der Waals surface area contributed by atoms with Crippen molar-refractivity contribution in [2.24, 2.45) is 0 Å². The maximum absolute atomic E-state index is 13.6. The minimum Gasteiger partial charge on any atom is -0.384 e. The summed E-state index contributed by atoms with van der Waals surface area (Å²) in [5.41, 5.74) is 2.76. The number of rotatable bonds is 4.